The smallest absolute Gasteiger partial charge is 0.349 e. The summed E-state index contributed by atoms with van der Waals surface area (Å²) in [6.07, 6.45) is -2.17. The van der Waals surface area contributed by atoms with E-state index in [-0.39, 0.29) is 23.2 Å². The van der Waals surface area contributed by atoms with E-state index in [4.69, 9.17) is 0 Å². The van der Waals surface area contributed by atoms with Gasteiger partial charge < -0.3 is 5.32 Å². The number of carbonyl (C=O) groups excluding carboxylic acids is 1. The van der Waals surface area contributed by atoms with Crippen LogP contribution in [0.3, 0.4) is 0 Å². The summed E-state index contributed by atoms with van der Waals surface area (Å²) in [5, 5.41) is 6.96. The van der Waals surface area contributed by atoms with E-state index in [1.165, 1.54) is 28.9 Å². The molecule has 5 nitrogen and oxygen atoms in total. The van der Waals surface area contributed by atoms with Gasteiger partial charge in [-0.05, 0) is 50.8 Å². The maximum atomic E-state index is 13.1. The van der Waals surface area contributed by atoms with Gasteiger partial charge in [0.15, 0.2) is 0 Å². The third-order valence-electron chi connectivity index (χ3n) is 4.81. The van der Waals surface area contributed by atoms with E-state index < -0.39 is 17.6 Å². The highest BCUT2D eigenvalue weighted by Gasteiger charge is 2.35. The first-order valence-electron chi connectivity index (χ1n) is 8.79. The summed E-state index contributed by atoms with van der Waals surface area (Å²) >= 11 is 0. The van der Waals surface area contributed by atoms with Crippen molar-refractivity contribution in [2.45, 2.75) is 50.9 Å². The lowest BCUT2D eigenvalue weighted by Gasteiger charge is -2.29. The maximum Gasteiger partial charge on any atom is 0.417 e. The number of nitrogens with zero attached hydrogens (tertiary/aromatic N) is 2. The average molecular weight is 379 g/mol. The molecule has 1 fully saturated rings. The van der Waals surface area contributed by atoms with Gasteiger partial charge in [-0.15, -0.1) is 0 Å². The Morgan fingerprint density at radius 2 is 1.78 bits per heavy atom. The molecule has 1 saturated carbocycles. The molecule has 1 aliphatic carbocycles. The van der Waals surface area contributed by atoms with E-state index in [9.17, 15) is 22.8 Å². The fourth-order valence-corrected chi connectivity index (χ4v) is 3.44. The third-order valence-corrected chi connectivity index (χ3v) is 4.81. The van der Waals surface area contributed by atoms with Crippen molar-refractivity contribution in [3.05, 3.63) is 63.6 Å². The van der Waals surface area contributed by atoms with Gasteiger partial charge in [0.2, 0.25) is 0 Å². The van der Waals surface area contributed by atoms with Crippen LogP contribution >= 0.6 is 0 Å². The first-order valence-corrected chi connectivity index (χ1v) is 8.79. The van der Waals surface area contributed by atoms with Gasteiger partial charge in [0, 0.05) is 12.1 Å². The Morgan fingerprint density at radius 3 is 2.44 bits per heavy atom. The molecular formula is C19H20F3N3O2. The van der Waals surface area contributed by atoms with Crippen molar-refractivity contribution in [3.63, 3.8) is 0 Å². The Balaban J connectivity index is 1.66. The molecule has 0 radical (unpaired) electrons. The van der Waals surface area contributed by atoms with Crippen molar-refractivity contribution in [2.24, 2.45) is 0 Å². The van der Waals surface area contributed by atoms with Crippen LogP contribution in [0.5, 0.6) is 0 Å². The van der Waals surface area contributed by atoms with Crippen LogP contribution in [0, 0.1) is 6.92 Å². The topological polar surface area (TPSA) is 64.0 Å². The number of benzene rings is 1. The summed E-state index contributed by atoms with van der Waals surface area (Å²) in [6.45, 7) is 1.81. The molecule has 1 aliphatic rings. The SMILES string of the molecule is Cc1ccc(=O)n(C2CCC(NC(=O)c3ccccc3C(F)(F)F)CC2)n1. The van der Waals surface area contributed by atoms with Gasteiger partial charge in [-0.25, -0.2) is 4.68 Å². The minimum atomic E-state index is -4.58. The van der Waals surface area contributed by atoms with Crippen LogP contribution in [0.1, 0.15) is 53.3 Å². The molecule has 0 bridgehead atoms. The molecule has 1 heterocycles. The second kappa shape index (κ2) is 7.54. The first kappa shape index (κ1) is 19.1. The molecule has 1 N–H and O–H groups in total. The highest BCUT2D eigenvalue weighted by Crippen LogP contribution is 2.32. The summed E-state index contributed by atoms with van der Waals surface area (Å²) in [5.41, 5.74) is -0.739. The van der Waals surface area contributed by atoms with E-state index in [1.54, 1.807) is 13.0 Å². The summed E-state index contributed by atoms with van der Waals surface area (Å²) in [7, 11) is 0. The molecule has 0 spiro atoms. The van der Waals surface area contributed by atoms with Crippen LogP contribution in [-0.2, 0) is 6.18 Å². The van der Waals surface area contributed by atoms with Gasteiger partial charge in [0.05, 0.1) is 22.9 Å². The number of hydrogen-bond acceptors (Lipinski definition) is 3. The molecule has 0 unspecified atom stereocenters. The zero-order valence-corrected chi connectivity index (χ0v) is 14.8. The number of aromatic nitrogens is 2. The van der Waals surface area contributed by atoms with Gasteiger partial charge in [0.1, 0.15) is 0 Å². The standard InChI is InChI=1S/C19H20F3N3O2/c1-12-6-11-17(26)25(24-12)14-9-7-13(8-10-14)23-18(27)15-4-2-3-5-16(15)19(20,21)22/h2-6,11,13-14H,7-10H2,1H3,(H,23,27). The molecule has 144 valence electrons. The van der Waals surface area contributed by atoms with E-state index in [0.29, 0.717) is 25.7 Å². The van der Waals surface area contributed by atoms with E-state index in [2.05, 4.69) is 10.4 Å². The molecule has 1 amide bonds. The van der Waals surface area contributed by atoms with Crippen LogP contribution < -0.4 is 10.9 Å². The molecule has 8 heteroatoms. The van der Waals surface area contributed by atoms with Crippen molar-refractivity contribution in [1.82, 2.24) is 15.1 Å². The predicted molar refractivity (Wildman–Crippen MR) is 93.4 cm³/mol. The Hall–Kier alpha value is -2.64. The molecule has 0 aliphatic heterocycles. The van der Waals surface area contributed by atoms with Gasteiger partial charge in [-0.2, -0.15) is 18.3 Å². The normalized spacial score (nSPS) is 20.3. The third kappa shape index (κ3) is 4.37. The highest BCUT2D eigenvalue weighted by molar-refractivity contribution is 5.96. The van der Waals surface area contributed by atoms with Crippen LogP contribution in [0.2, 0.25) is 0 Å². The predicted octanol–water partition coefficient (Wildman–Crippen LogP) is 3.48. The minimum Gasteiger partial charge on any atom is -0.349 e. The maximum absolute atomic E-state index is 13.1. The molecule has 0 atom stereocenters. The van der Waals surface area contributed by atoms with E-state index in [1.807, 2.05) is 0 Å². The number of carbonyl (C=O) groups is 1. The molecular weight excluding hydrogens is 359 g/mol. The Morgan fingerprint density at radius 1 is 1.11 bits per heavy atom. The van der Waals surface area contributed by atoms with Gasteiger partial charge in [-0.1, -0.05) is 12.1 Å². The quantitative estimate of drug-likeness (QED) is 0.888. The molecule has 1 aromatic heterocycles. The molecule has 27 heavy (non-hydrogen) atoms. The number of nitrogens with one attached hydrogen (secondary N) is 1. The Kier molecular flexibility index (Phi) is 5.34. The Bertz CT molecular complexity index is 884. The molecule has 1 aromatic carbocycles. The van der Waals surface area contributed by atoms with E-state index in [0.717, 1.165) is 11.8 Å². The van der Waals surface area contributed by atoms with Gasteiger partial charge in [-0.3, -0.25) is 9.59 Å². The fraction of sp³-hybridized carbons (Fsp3) is 0.421. The van der Waals surface area contributed by atoms with Gasteiger partial charge in [0.25, 0.3) is 11.5 Å². The first-order chi connectivity index (χ1) is 12.8. The second-order valence-electron chi connectivity index (χ2n) is 6.78. The summed E-state index contributed by atoms with van der Waals surface area (Å²) in [6, 6.07) is 7.60. The van der Waals surface area contributed by atoms with Crippen molar-refractivity contribution < 1.29 is 18.0 Å². The molecule has 2 aromatic rings. The van der Waals surface area contributed by atoms with Crippen molar-refractivity contribution in [2.75, 3.05) is 0 Å². The minimum absolute atomic E-state index is 0.0620. The lowest BCUT2D eigenvalue weighted by Crippen LogP contribution is -2.40. The van der Waals surface area contributed by atoms with Crippen LogP contribution in [-0.4, -0.2) is 21.7 Å². The average Bonchev–Trinajstić information content (AvgIpc) is 2.64. The monoisotopic (exact) mass is 379 g/mol. The number of aryl methyl sites for hydroxylation is 1. The highest BCUT2D eigenvalue weighted by atomic mass is 19.4. The number of amides is 1. The zero-order valence-electron chi connectivity index (χ0n) is 14.8. The summed E-state index contributed by atoms with van der Waals surface area (Å²) in [5.74, 6) is -0.725. The van der Waals surface area contributed by atoms with Crippen LogP contribution in [0.15, 0.2) is 41.2 Å². The van der Waals surface area contributed by atoms with E-state index >= 15 is 0 Å². The van der Waals surface area contributed by atoms with Crippen LogP contribution in [0.4, 0.5) is 13.2 Å². The second-order valence-corrected chi connectivity index (χ2v) is 6.78. The lowest BCUT2D eigenvalue weighted by atomic mass is 9.91. The number of alkyl halides is 3. The number of rotatable bonds is 3. The largest absolute Gasteiger partial charge is 0.417 e. The van der Waals surface area contributed by atoms with Crippen molar-refractivity contribution >= 4 is 5.91 Å². The van der Waals surface area contributed by atoms with Crippen molar-refractivity contribution in [3.8, 4) is 0 Å². The van der Waals surface area contributed by atoms with Crippen molar-refractivity contribution in [1.29, 1.82) is 0 Å². The summed E-state index contributed by atoms with van der Waals surface area (Å²) < 4.78 is 40.7. The molecule has 3 rings (SSSR count). The summed E-state index contributed by atoms with van der Waals surface area (Å²) in [4.78, 5) is 24.3. The zero-order chi connectivity index (χ0) is 19.6. The molecule has 0 saturated heterocycles. The number of halogens is 3. The van der Waals surface area contributed by atoms with Crippen LogP contribution in [0.25, 0.3) is 0 Å². The number of hydrogen-bond donors (Lipinski definition) is 1. The lowest BCUT2D eigenvalue weighted by molar-refractivity contribution is -0.137. The van der Waals surface area contributed by atoms with Gasteiger partial charge >= 0.3 is 6.18 Å². The Labute approximate surface area is 154 Å². The fourth-order valence-electron chi connectivity index (χ4n) is 3.44.